The molecule has 1 atom stereocenters. The average Bonchev–Trinajstić information content (AvgIpc) is 2.97. The van der Waals surface area contributed by atoms with Gasteiger partial charge in [0.2, 0.25) is 5.91 Å². The highest BCUT2D eigenvalue weighted by Gasteiger charge is 2.18. The number of hydrogen-bond acceptors (Lipinski definition) is 4. The van der Waals surface area contributed by atoms with Gasteiger partial charge in [-0.05, 0) is 31.2 Å². The fraction of sp³-hybridized carbons (Fsp3) is 0.176. The van der Waals surface area contributed by atoms with E-state index in [1.807, 2.05) is 55.5 Å². The molecule has 5 nitrogen and oxygen atoms in total. The summed E-state index contributed by atoms with van der Waals surface area (Å²) in [5.74, 6) is 0.543. The molecule has 1 amide bonds. The van der Waals surface area contributed by atoms with Crippen molar-refractivity contribution in [2.45, 2.75) is 17.3 Å². The molecule has 1 aromatic heterocycles. The molecule has 0 aliphatic carbocycles. The minimum absolute atomic E-state index is 0.0973. The van der Waals surface area contributed by atoms with E-state index >= 15 is 0 Å². The number of fused-ring (bicyclic) bond motifs is 1. The summed E-state index contributed by atoms with van der Waals surface area (Å²) in [6, 6.07) is 15.1. The highest BCUT2D eigenvalue weighted by molar-refractivity contribution is 8.00. The van der Waals surface area contributed by atoms with Crippen LogP contribution in [0.25, 0.3) is 11.0 Å². The number of nitrogens with zero attached hydrogens (tertiary/aromatic N) is 1. The van der Waals surface area contributed by atoms with Crippen molar-refractivity contribution < 1.29 is 9.53 Å². The second-order valence-corrected chi connectivity index (χ2v) is 6.34. The molecule has 0 aliphatic heterocycles. The van der Waals surface area contributed by atoms with E-state index in [1.54, 1.807) is 7.11 Å². The molecular formula is C17H17N3O2S. The van der Waals surface area contributed by atoms with Crippen LogP contribution >= 0.6 is 11.8 Å². The first-order chi connectivity index (χ1) is 11.2. The zero-order chi connectivity index (χ0) is 16.2. The topological polar surface area (TPSA) is 67.0 Å². The maximum absolute atomic E-state index is 12.4. The van der Waals surface area contributed by atoms with Crippen LogP contribution in [0, 0.1) is 0 Å². The van der Waals surface area contributed by atoms with E-state index in [4.69, 9.17) is 4.74 Å². The maximum Gasteiger partial charge on any atom is 0.237 e. The van der Waals surface area contributed by atoms with Crippen molar-refractivity contribution in [3.8, 4) is 5.75 Å². The van der Waals surface area contributed by atoms with Gasteiger partial charge in [-0.15, -0.1) is 0 Å². The predicted octanol–water partition coefficient (Wildman–Crippen LogP) is 3.69. The van der Waals surface area contributed by atoms with Gasteiger partial charge in [0.1, 0.15) is 5.75 Å². The van der Waals surface area contributed by atoms with Gasteiger partial charge in [-0.1, -0.05) is 36.0 Å². The molecule has 118 valence electrons. The Kier molecular flexibility index (Phi) is 4.52. The van der Waals surface area contributed by atoms with E-state index in [2.05, 4.69) is 15.3 Å². The van der Waals surface area contributed by atoms with Crippen LogP contribution in [-0.2, 0) is 4.79 Å². The highest BCUT2D eigenvalue weighted by atomic mass is 32.2. The van der Waals surface area contributed by atoms with Crippen LogP contribution in [0.4, 0.5) is 5.69 Å². The highest BCUT2D eigenvalue weighted by Crippen LogP contribution is 2.27. The summed E-state index contributed by atoms with van der Waals surface area (Å²) in [5, 5.41) is 3.33. The Bertz CT molecular complexity index is 798. The quantitative estimate of drug-likeness (QED) is 0.701. The predicted molar refractivity (Wildman–Crippen MR) is 93.0 cm³/mol. The molecule has 3 aromatic rings. The lowest BCUT2D eigenvalue weighted by atomic mass is 10.3. The van der Waals surface area contributed by atoms with Crippen LogP contribution < -0.4 is 10.1 Å². The number of para-hydroxylation sites is 4. The van der Waals surface area contributed by atoms with Gasteiger partial charge >= 0.3 is 0 Å². The molecule has 2 aromatic carbocycles. The number of methoxy groups -OCH3 is 1. The van der Waals surface area contributed by atoms with Gasteiger partial charge in [0.05, 0.1) is 29.1 Å². The van der Waals surface area contributed by atoms with Gasteiger partial charge in [-0.2, -0.15) is 0 Å². The molecule has 0 fully saturated rings. The standard InChI is InChI=1S/C17H17N3O2S/c1-11(16(21)18-14-9-5-6-10-15(14)22-2)23-17-19-12-7-3-4-8-13(12)20-17/h3-11H,1-2H3,(H,18,21)(H,19,20). The third-order valence-corrected chi connectivity index (χ3v) is 4.37. The SMILES string of the molecule is COc1ccccc1NC(=O)C(C)Sc1nc2ccccc2[nH]1. The van der Waals surface area contributed by atoms with Gasteiger partial charge < -0.3 is 15.0 Å². The smallest absolute Gasteiger partial charge is 0.237 e. The van der Waals surface area contributed by atoms with Crippen LogP contribution in [0.3, 0.4) is 0 Å². The number of carbonyl (C=O) groups excluding carboxylic acids is 1. The maximum atomic E-state index is 12.4. The fourth-order valence-corrected chi connectivity index (χ4v) is 3.01. The van der Waals surface area contributed by atoms with Gasteiger partial charge in [0.25, 0.3) is 0 Å². The third-order valence-electron chi connectivity index (χ3n) is 3.39. The summed E-state index contributed by atoms with van der Waals surface area (Å²) in [6.07, 6.45) is 0. The Morgan fingerprint density at radius 3 is 2.74 bits per heavy atom. The lowest BCUT2D eigenvalue weighted by molar-refractivity contribution is -0.115. The number of H-pyrrole nitrogens is 1. The van der Waals surface area contributed by atoms with Crippen LogP contribution in [0.5, 0.6) is 5.75 Å². The summed E-state index contributed by atoms with van der Waals surface area (Å²) in [6.45, 7) is 1.85. The molecule has 0 spiro atoms. The summed E-state index contributed by atoms with van der Waals surface area (Å²) in [4.78, 5) is 20.1. The van der Waals surface area contributed by atoms with Crippen LogP contribution in [-0.4, -0.2) is 28.2 Å². The molecule has 1 unspecified atom stereocenters. The number of aromatic nitrogens is 2. The van der Waals surface area contributed by atoms with Gasteiger partial charge in [0.15, 0.2) is 5.16 Å². The Morgan fingerprint density at radius 1 is 1.22 bits per heavy atom. The molecule has 23 heavy (non-hydrogen) atoms. The Balaban J connectivity index is 1.69. The summed E-state index contributed by atoms with van der Waals surface area (Å²) < 4.78 is 5.24. The number of ether oxygens (including phenoxy) is 1. The minimum atomic E-state index is -0.291. The van der Waals surface area contributed by atoms with Crippen molar-refractivity contribution in [1.29, 1.82) is 0 Å². The zero-order valence-corrected chi connectivity index (χ0v) is 13.7. The lowest BCUT2D eigenvalue weighted by Gasteiger charge is -2.13. The molecule has 0 radical (unpaired) electrons. The second kappa shape index (κ2) is 6.75. The number of amides is 1. The van der Waals surface area contributed by atoms with Gasteiger partial charge in [0, 0.05) is 0 Å². The number of hydrogen-bond donors (Lipinski definition) is 2. The molecule has 0 bridgehead atoms. The Morgan fingerprint density at radius 2 is 1.96 bits per heavy atom. The van der Waals surface area contributed by atoms with Crippen molar-refractivity contribution in [1.82, 2.24) is 9.97 Å². The minimum Gasteiger partial charge on any atom is -0.495 e. The van der Waals surface area contributed by atoms with Crippen molar-refractivity contribution in [2.24, 2.45) is 0 Å². The summed E-state index contributed by atoms with van der Waals surface area (Å²) in [5.41, 5.74) is 2.52. The normalized spacial score (nSPS) is 12.1. The summed E-state index contributed by atoms with van der Waals surface area (Å²) in [7, 11) is 1.58. The molecule has 3 rings (SSSR count). The Labute approximate surface area is 138 Å². The number of aromatic amines is 1. The first-order valence-corrected chi connectivity index (χ1v) is 8.10. The largest absolute Gasteiger partial charge is 0.495 e. The van der Waals surface area contributed by atoms with Gasteiger partial charge in [-0.3, -0.25) is 4.79 Å². The second-order valence-electron chi connectivity index (χ2n) is 5.01. The molecular weight excluding hydrogens is 310 g/mol. The van der Waals surface area contributed by atoms with Crippen molar-refractivity contribution in [3.05, 3.63) is 48.5 Å². The van der Waals surface area contributed by atoms with Crippen molar-refractivity contribution in [3.63, 3.8) is 0 Å². The van der Waals surface area contributed by atoms with Crippen LogP contribution in [0.15, 0.2) is 53.7 Å². The number of rotatable bonds is 5. The molecule has 1 heterocycles. The first kappa shape index (κ1) is 15.4. The molecule has 2 N–H and O–H groups in total. The number of nitrogens with one attached hydrogen (secondary N) is 2. The molecule has 0 saturated heterocycles. The van der Waals surface area contributed by atoms with E-state index in [0.717, 1.165) is 16.2 Å². The zero-order valence-electron chi connectivity index (χ0n) is 12.9. The Hall–Kier alpha value is -2.47. The number of carbonyl (C=O) groups is 1. The van der Waals surface area contributed by atoms with Crippen LogP contribution in [0.2, 0.25) is 0 Å². The van der Waals surface area contributed by atoms with E-state index in [-0.39, 0.29) is 11.2 Å². The number of benzene rings is 2. The molecule has 0 aliphatic rings. The number of thioether (sulfide) groups is 1. The third kappa shape index (κ3) is 3.48. The van der Waals surface area contributed by atoms with Crippen molar-refractivity contribution in [2.75, 3.05) is 12.4 Å². The number of anilines is 1. The van der Waals surface area contributed by atoms with E-state index in [1.165, 1.54) is 11.8 Å². The average molecular weight is 327 g/mol. The first-order valence-electron chi connectivity index (χ1n) is 7.22. The lowest BCUT2D eigenvalue weighted by Crippen LogP contribution is -2.22. The van der Waals surface area contributed by atoms with E-state index < -0.39 is 0 Å². The van der Waals surface area contributed by atoms with Crippen LogP contribution in [0.1, 0.15) is 6.92 Å². The van der Waals surface area contributed by atoms with Crippen molar-refractivity contribution >= 4 is 34.4 Å². The monoisotopic (exact) mass is 327 g/mol. The number of imidazole rings is 1. The summed E-state index contributed by atoms with van der Waals surface area (Å²) >= 11 is 1.39. The fourth-order valence-electron chi connectivity index (χ4n) is 2.19. The van der Waals surface area contributed by atoms with E-state index in [0.29, 0.717) is 11.4 Å². The van der Waals surface area contributed by atoms with E-state index in [9.17, 15) is 4.79 Å². The molecule has 6 heteroatoms. The molecule has 0 saturated carbocycles. The van der Waals surface area contributed by atoms with Gasteiger partial charge in [-0.25, -0.2) is 4.98 Å².